The van der Waals surface area contributed by atoms with Crippen molar-refractivity contribution in [2.24, 2.45) is 4.99 Å². The van der Waals surface area contributed by atoms with Gasteiger partial charge >= 0.3 is 5.97 Å². The van der Waals surface area contributed by atoms with Crippen LogP contribution in [0.3, 0.4) is 0 Å². The molecule has 5 heteroatoms. The molecular formula is C20H25N3O2. The molecule has 0 heterocycles. The van der Waals surface area contributed by atoms with Gasteiger partial charge in [0.2, 0.25) is 0 Å². The Labute approximate surface area is 149 Å². The highest BCUT2D eigenvalue weighted by Gasteiger charge is 2.06. The summed E-state index contributed by atoms with van der Waals surface area (Å²) in [5.74, 6) is 0.440. The van der Waals surface area contributed by atoms with E-state index in [1.54, 1.807) is 26.1 Å². The highest BCUT2D eigenvalue weighted by Crippen LogP contribution is 2.07. The second-order valence-corrected chi connectivity index (χ2v) is 5.62. The predicted molar refractivity (Wildman–Crippen MR) is 101 cm³/mol. The molecule has 0 aliphatic heterocycles. The van der Waals surface area contributed by atoms with E-state index >= 15 is 0 Å². The first-order valence-electron chi connectivity index (χ1n) is 8.39. The lowest BCUT2D eigenvalue weighted by Crippen LogP contribution is -2.36. The fourth-order valence-electron chi connectivity index (χ4n) is 2.37. The third-order valence-electron chi connectivity index (χ3n) is 3.86. The van der Waals surface area contributed by atoms with Crippen LogP contribution in [0, 0.1) is 6.92 Å². The molecule has 0 aliphatic carbocycles. The number of nitrogens with zero attached hydrogens (tertiary/aromatic N) is 1. The van der Waals surface area contributed by atoms with E-state index in [0.717, 1.165) is 11.5 Å². The second kappa shape index (κ2) is 9.47. The van der Waals surface area contributed by atoms with Crippen LogP contribution in [0.25, 0.3) is 0 Å². The van der Waals surface area contributed by atoms with E-state index in [1.165, 1.54) is 11.1 Å². The Morgan fingerprint density at radius 2 is 1.72 bits per heavy atom. The molecule has 5 nitrogen and oxygen atoms in total. The van der Waals surface area contributed by atoms with Gasteiger partial charge < -0.3 is 15.4 Å². The van der Waals surface area contributed by atoms with E-state index in [4.69, 9.17) is 4.74 Å². The molecule has 2 aromatic carbocycles. The van der Waals surface area contributed by atoms with Crippen LogP contribution in [0.4, 0.5) is 0 Å². The van der Waals surface area contributed by atoms with Gasteiger partial charge in [0.05, 0.1) is 12.2 Å². The lowest BCUT2D eigenvalue weighted by molar-refractivity contribution is 0.0526. The minimum absolute atomic E-state index is 0.294. The number of carbonyl (C=O) groups is 1. The van der Waals surface area contributed by atoms with E-state index in [2.05, 4.69) is 34.7 Å². The molecule has 0 spiro atoms. The second-order valence-electron chi connectivity index (χ2n) is 5.62. The van der Waals surface area contributed by atoms with Crippen LogP contribution in [0.1, 0.15) is 34.0 Å². The van der Waals surface area contributed by atoms with Crippen molar-refractivity contribution < 1.29 is 9.53 Å². The zero-order valence-electron chi connectivity index (χ0n) is 15.0. The number of nitrogens with one attached hydrogen (secondary N) is 2. The maximum absolute atomic E-state index is 11.6. The molecule has 0 bridgehead atoms. The minimum Gasteiger partial charge on any atom is -0.462 e. The largest absolute Gasteiger partial charge is 0.462 e. The third-order valence-corrected chi connectivity index (χ3v) is 3.86. The molecule has 0 saturated heterocycles. The summed E-state index contributed by atoms with van der Waals surface area (Å²) >= 11 is 0. The minimum atomic E-state index is -0.294. The molecule has 2 aromatic rings. The van der Waals surface area contributed by atoms with Gasteiger partial charge in [0, 0.05) is 20.1 Å². The summed E-state index contributed by atoms with van der Waals surface area (Å²) in [6.45, 7) is 5.61. The molecule has 132 valence electrons. The number of guanidine groups is 1. The maximum atomic E-state index is 11.6. The van der Waals surface area contributed by atoms with Gasteiger partial charge in [-0.15, -0.1) is 0 Å². The number of benzene rings is 2. The van der Waals surface area contributed by atoms with Crippen LogP contribution < -0.4 is 10.6 Å². The Hall–Kier alpha value is -2.82. The van der Waals surface area contributed by atoms with E-state index < -0.39 is 0 Å². The van der Waals surface area contributed by atoms with E-state index in [-0.39, 0.29) is 5.97 Å². The number of aryl methyl sites for hydroxylation is 1. The van der Waals surface area contributed by atoms with Crippen molar-refractivity contribution in [3.63, 3.8) is 0 Å². The summed E-state index contributed by atoms with van der Waals surface area (Å²) in [5.41, 5.74) is 4.11. The highest BCUT2D eigenvalue weighted by atomic mass is 16.5. The number of carbonyl (C=O) groups excluding carboxylic acids is 1. The number of rotatable bonds is 6. The molecule has 25 heavy (non-hydrogen) atoms. The quantitative estimate of drug-likeness (QED) is 0.482. The van der Waals surface area contributed by atoms with Crippen molar-refractivity contribution in [1.82, 2.24) is 10.6 Å². The topological polar surface area (TPSA) is 62.7 Å². The monoisotopic (exact) mass is 339 g/mol. The summed E-state index contributed by atoms with van der Waals surface area (Å²) in [5, 5.41) is 6.58. The van der Waals surface area contributed by atoms with Crippen LogP contribution >= 0.6 is 0 Å². The van der Waals surface area contributed by atoms with Gasteiger partial charge in [-0.25, -0.2) is 4.79 Å². The average Bonchev–Trinajstić information content (AvgIpc) is 2.64. The fourth-order valence-corrected chi connectivity index (χ4v) is 2.37. The van der Waals surface area contributed by atoms with Gasteiger partial charge in [0.25, 0.3) is 0 Å². The normalized spacial score (nSPS) is 11.1. The van der Waals surface area contributed by atoms with Gasteiger partial charge in [0.15, 0.2) is 5.96 Å². The smallest absolute Gasteiger partial charge is 0.338 e. The van der Waals surface area contributed by atoms with Gasteiger partial charge in [-0.05, 0) is 42.7 Å². The summed E-state index contributed by atoms with van der Waals surface area (Å²) in [6.07, 6.45) is 0. The Kier molecular flexibility index (Phi) is 7.01. The lowest BCUT2D eigenvalue weighted by Gasteiger charge is -2.13. The van der Waals surface area contributed by atoms with Gasteiger partial charge in [-0.2, -0.15) is 0 Å². The molecule has 2 rings (SSSR count). The van der Waals surface area contributed by atoms with Crippen molar-refractivity contribution in [2.45, 2.75) is 26.9 Å². The molecule has 0 radical (unpaired) electrons. The van der Waals surface area contributed by atoms with Gasteiger partial charge in [0.1, 0.15) is 0 Å². The van der Waals surface area contributed by atoms with Crippen molar-refractivity contribution >= 4 is 11.9 Å². The standard InChI is InChI=1S/C20H25N3O2/c1-4-25-19(24)17-11-9-16(10-12-17)13-22-20(21-3)23-14-18-8-6-5-7-15(18)2/h5-12H,4,13-14H2,1-3H3,(H2,21,22,23). The molecular weight excluding hydrogens is 314 g/mol. The first kappa shape index (κ1) is 18.5. The number of esters is 1. The SMILES string of the molecule is CCOC(=O)c1ccc(CNC(=NC)NCc2ccccc2C)cc1. The number of ether oxygens (including phenoxy) is 1. The van der Waals surface area contributed by atoms with Gasteiger partial charge in [-0.1, -0.05) is 36.4 Å². The van der Waals surface area contributed by atoms with Crippen molar-refractivity contribution in [3.05, 3.63) is 70.8 Å². The summed E-state index contributed by atoms with van der Waals surface area (Å²) < 4.78 is 4.98. The fraction of sp³-hybridized carbons (Fsp3) is 0.300. The highest BCUT2D eigenvalue weighted by molar-refractivity contribution is 5.89. The molecule has 0 aromatic heterocycles. The first-order valence-corrected chi connectivity index (χ1v) is 8.39. The van der Waals surface area contributed by atoms with Crippen LogP contribution in [0.5, 0.6) is 0 Å². The number of hydrogen-bond acceptors (Lipinski definition) is 3. The zero-order valence-corrected chi connectivity index (χ0v) is 15.0. The maximum Gasteiger partial charge on any atom is 0.338 e. The summed E-state index contributed by atoms with van der Waals surface area (Å²) in [7, 11) is 1.75. The Balaban J connectivity index is 1.86. The van der Waals surface area contributed by atoms with E-state index in [9.17, 15) is 4.79 Å². The summed E-state index contributed by atoms with van der Waals surface area (Å²) in [6, 6.07) is 15.6. The predicted octanol–water partition coefficient (Wildman–Crippen LogP) is 3.04. The van der Waals surface area contributed by atoms with Crippen molar-refractivity contribution in [2.75, 3.05) is 13.7 Å². The Bertz CT molecular complexity index is 724. The van der Waals surface area contributed by atoms with E-state index in [1.807, 2.05) is 24.3 Å². The Morgan fingerprint density at radius 1 is 1.04 bits per heavy atom. The van der Waals surface area contributed by atoms with E-state index in [0.29, 0.717) is 25.3 Å². The van der Waals surface area contributed by atoms with Crippen LogP contribution in [-0.2, 0) is 17.8 Å². The van der Waals surface area contributed by atoms with Crippen molar-refractivity contribution in [3.8, 4) is 0 Å². The Morgan fingerprint density at radius 3 is 2.36 bits per heavy atom. The van der Waals surface area contributed by atoms with Crippen LogP contribution in [-0.4, -0.2) is 25.6 Å². The molecule has 0 saturated carbocycles. The molecule has 0 aliphatic rings. The van der Waals surface area contributed by atoms with Crippen LogP contribution in [0.2, 0.25) is 0 Å². The number of hydrogen-bond donors (Lipinski definition) is 2. The molecule has 2 N–H and O–H groups in total. The molecule has 0 atom stereocenters. The van der Waals surface area contributed by atoms with Crippen molar-refractivity contribution in [1.29, 1.82) is 0 Å². The zero-order chi connectivity index (χ0) is 18.1. The molecule has 0 fully saturated rings. The summed E-state index contributed by atoms with van der Waals surface area (Å²) in [4.78, 5) is 15.9. The van der Waals surface area contributed by atoms with Gasteiger partial charge in [-0.3, -0.25) is 4.99 Å². The third kappa shape index (κ3) is 5.64. The van der Waals surface area contributed by atoms with Crippen LogP contribution in [0.15, 0.2) is 53.5 Å². The number of aliphatic imine (C=N–C) groups is 1. The lowest BCUT2D eigenvalue weighted by atomic mass is 10.1. The molecule has 0 unspecified atom stereocenters. The first-order chi connectivity index (χ1) is 12.1. The molecule has 0 amide bonds. The average molecular weight is 339 g/mol.